The van der Waals surface area contributed by atoms with Crippen LogP contribution in [0.15, 0.2) is 6.07 Å². The molecule has 0 radical (unpaired) electrons. The number of nitrogens with one attached hydrogen (secondary N) is 1. The Hall–Kier alpha value is -1.48. The number of fused-ring (bicyclic) bond motifs is 2. The maximum absolute atomic E-state index is 12.4. The van der Waals surface area contributed by atoms with Gasteiger partial charge in [-0.3, -0.25) is 9.59 Å². The highest BCUT2D eigenvalue weighted by Gasteiger charge is 2.42. The first-order chi connectivity index (χ1) is 12.6. The minimum atomic E-state index is -0.362. The second kappa shape index (κ2) is 8.47. The quantitative estimate of drug-likeness (QED) is 0.714. The van der Waals surface area contributed by atoms with E-state index in [9.17, 15) is 9.59 Å². The summed E-state index contributed by atoms with van der Waals surface area (Å²) in [6.45, 7) is 4.69. The fourth-order valence-corrected chi connectivity index (χ4v) is 4.76. The lowest BCUT2D eigenvalue weighted by Gasteiger charge is -2.43. The molecule has 2 aliphatic rings. The Morgan fingerprint density at radius 1 is 1.38 bits per heavy atom. The number of ether oxygens (including phenoxy) is 2. The zero-order valence-electron chi connectivity index (χ0n) is 15.1. The van der Waals surface area contributed by atoms with Crippen molar-refractivity contribution in [2.75, 3.05) is 46.1 Å². The Kier molecular flexibility index (Phi) is 6.29. The summed E-state index contributed by atoms with van der Waals surface area (Å²) in [6.07, 6.45) is 2.36. The zero-order chi connectivity index (χ0) is 18.6. The van der Waals surface area contributed by atoms with E-state index in [2.05, 4.69) is 5.32 Å². The van der Waals surface area contributed by atoms with Crippen LogP contribution in [-0.4, -0.2) is 67.9 Å². The highest BCUT2D eigenvalue weighted by molar-refractivity contribution is 7.14. The lowest BCUT2D eigenvalue weighted by atomic mass is 9.82. The average Bonchev–Trinajstić information content (AvgIpc) is 3.08. The molecule has 0 atom stereocenters. The van der Waals surface area contributed by atoms with Gasteiger partial charge < -0.3 is 24.8 Å². The number of aliphatic hydroxyl groups excluding tert-OH is 1. The molecule has 0 unspecified atom stereocenters. The molecule has 2 amide bonds. The van der Waals surface area contributed by atoms with Crippen LogP contribution < -0.4 is 5.32 Å². The predicted octanol–water partition coefficient (Wildman–Crippen LogP) is 0.897. The summed E-state index contributed by atoms with van der Waals surface area (Å²) in [4.78, 5) is 27.8. The van der Waals surface area contributed by atoms with Gasteiger partial charge in [-0.2, -0.15) is 0 Å². The van der Waals surface area contributed by atoms with Crippen LogP contribution in [-0.2, 0) is 26.3 Å². The van der Waals surface area contributed by atoms with Gasteiger partial charge in [0.1, 0.15) is 0 Å². The number of carbonyl (C=O) groups is 2. The third-order valence-corrected chi connectivity index (χ3v) is 6.21. The van der Waals surface area contributed by atoms with Crippen LogP contribution in [0.4, 0.5) is 0 Å². The average molecular weight is 382 g/mol. The number of hydrogen-bond acceptors (Lipinski definition) is 6. The number of nitrogens with zero attached hydrogens (tertiary/aromatic N) is 1. The van der Waals surface area contributed by atoms with Crippen molar-refractivity contribution in [3.05, 3.63) is 21.4 Å². The molecule has 26 heavy (non-hydrogen) atoms. The van der Waals surface area contributed by atoms with E-state index in [4.69, 9.17) is 14.6 Å². The molecule has 1 fully saturated rings. The molecular weight excluding hydrogens is 356 g/mol. The van der Waals surface area contributed by atoms with Gasteiger partial charge in [0.2, 0.25) is 5.91 Å². The minimum absolute atomic E-state index is 0.0191. The largest absolute Gasteiger partial charge is 0.394 e. The molecule has 0 aliphatic carbocycles. The number of aliphatic hydroxyl groups is 1. The maximum atomic E-state index is 12.4. The first-order valence-electron chi connectivity index (χ1n) is 9.05. The van der Waals surface area contributed by atoms with Crippen LogP contribution in [0, 0.1) is 0 Å². The lowest BCUT2D eigenvalue weighted by Crippen LogP contribution is -2.47. The molecule has 1 aromatic heterocycles. The van der Waals surface area contributed by atoms with Gasteiger partial charge in [0.05, 0.1) is 36.9 Å². The first-order valence-corrected chi connectivity index (χ1v) is 9.87. The van der Waals surface area contributed by atoms with Crippen molar-refractivity contribution in [1.29, 1.82) is 0 Å². The summed E-state index contributed by atoms with van der Waals surface area (Å²) in [6, 6.07) is 1.96. The van der Waals surface area contributed by atoms with E-state index in [1.165, 1.54) is 16.2 Å². The van der Waals surface area contributed by atoms with E-state index in [0.717, 1.165) is 24.8 Å². The van der Waals surface area contributed by atoms with Crippen molar-refractivity contribution in [3.63, 3.8) is 0 Å². The molecule has 1 saturated heterocycles. The Balaban J connectivity index is 1.66. The Labute approximate surface area is 157 Å². The summed E-state index contributed by atoms with van der Waals surface area (Å²) in [5.41, 5.74) is 0.761. The van der Waals surface area contributed by atoms with Crippen LogP contribution in [0.25, 0.3) is 0 Å². The minimum Gasteiger partial charge on any atom is -0.394 e. The van der Waals surface area contributed by atoms with Crippen LogP contribution in [0.5, 0.6) is 0 Å². The van der Waals surface area contributed by atoms with E-state index in [1.54, 1.807) is 6.92 Å². The molecule has 8 heteroatoms. The van der Waals surface area contributed by atoms with Crippen LogP contribution in [0.2, 0.25) is 0 Å². The summed E-state index contributed by atoms with van der Waals surface area (Å²) >= 11 is 1.53. The number of amides is 2. The van der Waals surface area contributed by atoms with Crippen molar-refractivity contribution in [1.82, 2.24) is 10.2 Å². The van der Waals surface area contributed by atoms with E-state index in [1.807, 2.05) is 11.0 Å². The Morgan fingerprint density at radius 2 is 2.15 bits per heavy atom. The van der Waals surface area contributed by atoms with Gasteiger partial charge >= 0.3 is 0 Å². The van der Waals surface area contributed by atoms with E-state index < -0.39 is 0 Å². The summed E-state index contributed by atoms with van der Waals surface area (Å²) in [5.74, 6) is -0.00185. The number of piperidine rings is 1. The fourth-order valence-electron chi connectivity index (χ4n) is 3.62. The molecule has 3 rings (SSSR count). The molecule has 1 spiro atoms. The first kappa shape index (κ1) is 19.3. The van der Waals surface area contributed by atoms with Crippen LogP contribution in [0.1, 0.15) is 39.9 Å². The summed E-state index contributed by atoms with van der Waals surface area (Å²) in [5, 5.41) is 11.5. The van der Waals surface area contributed by atoms with E-state index >= 15 is 0 Å². The lowest BCUT2D eigenvalue weighted by molar-refractivity contribution is -0.138. The molecule has 0 bridgehead atoms. The number of rotatable bonds is 6. The Bertz CT molecular complexity index is 652. The molecule has 2 N–H and O–H groups in total. The van der Waals surface area contributed by atoms with Crippen molar-refractivity contribution in [3.8, 4) is 0 Å². The van der Waals surface area contributed by atoms with Gasteiger partial charge in [-0.15, -0.1) is 11.3 Å². The van der Waals surface area contributed by atoms with Gasteiger partial charge in [0, 0.05) is 37.9 Å². The molecule has 0 aromatic carbocycles. The fraction of sp³-hybridized carbons (Fsp3) is 0.667. The molecule has 7 nitrogen and oxygen atoms in total. The number of likely N-dealkylation sites (tertiary alicyclic amines) is 1. The summed E-state index contributed by atoms with van der Waals surface area (Å²) < 4.78 is 11.3. The number of thiophene rings is 1. The molecule has 144 valence electrons. The van der Waals surface area contributed by atoms with Crippen molar-refractivity contribution < 1.29 is 24.2 Å². The summed E-state index contributed by atoms with van der Waals surface area (Å²) in [7, 11) is 0. The van der Waals surface area contributed by atoms with Gasteiger partial charge in [-0.25, -0.2) is 0 Å². The van der Waals surface area contributed by atoms with Gasteiger partial charge in [0.25, 0.3) is 5.91 Å². The third kappa shape index (κ3) is 4.09. The number of carbonyl (C=O) groups excluding carboxylic acids is 2. The highest BCUT2D eigenvalue weighted by atomic mass is 32.1. The molecule has 0 saturated carbocycles. The zero-order valence-corrected chi connectivity index (χ0v) is 15.9. The van der Waals surface area contributed by atoms with Gasteiger partial charge in [-0.1, -0.05) is 0 Å². The second-order valence-corrected chi connectivity index (χ2v) is 7.77. The molecule has 1 aromatic rings. The van der Waals surface area contributed by atoms with E-state index in [0.29, 0.717) is 37.7 Å². The standard InChI is InChI=1S/C18H26N2O5S/c1-13(22)20-6-3-18(4-7-20)14-12-16(26-15(14)2-9-25-18)17(23)19-5-10-24-11-8-21/h12,21H,2-11H2,1H3,(H,19,23). The van der Waals surface area contributed by atoms with Gasteiger partial charge in [-0.05, 0) is 24.5 Å². The third-order valence-electron chi connectivity index (χ3n) is 5.02. The topological polar surface area (TPSA) is 88.1 Å². The predicted molar refractivity (Wildman–Crippen MR) is 97.4 cm³/mol. The Morgan fingerprint density at radius 3 is 2.85 bits per heavy atom. The maximum Gasteiger partial charge on any atom is 0.261 e. The second-order valence-electron chi connectivity index (χ2n) is 6.64. The molecular formula is C18H26N2O5S. The SMILES string of the molecule is CC(=O)N1CCC2(CC1)OCCc1sc(C(=O)NCCOCCO)cc12. The van der Waals surface area contributed by atoms with Gasteiger partial charge in [0.15, 0.2) is 0 Å². The van der Waals surface area contributed by atoms with Crippen LogP contribution in [0.3, 0.4) is 0 Å². The normalized spacial score (nSPS) is 18.6. The number of hydrogen-bond donors (Lipinski definition) is 2. The van der Waals surface area contributed by atoms with Crippen molar-refractivity contribution in [2.45, 2.75) is 31.8 Å². The monoisotopic (exact) mass is 382 g/mol. The smallest absolute Gasteiger partial charge is 0.261 e. The molecule has 2 aliphatic heterocycles. The van der Waals surface area contributed by atoms with E-state index in [-0.39, 0.29) is 30.6 Å². The van der Waals surface area contributed by atoms with Crippen molar-refractivity contribution >= 4 is 23.2 Å². The molecule has 3 heterocycles. The highest BCUT2D eigenvalue weighted by Crippen LogP contribution is 2.44. The van der Waals surface area contributed by atoms with Crippen LogP contribution >= 0.6 is 11.3 Å². The van der Waals surface area contributed by atoms with Crippen molar-refractivity contribution in [2.24, 2.45) is 0 Å².